The first kappa shape index (κ1) is 20.8. The summed E-state index contributed by atoms with van der Waals surface area (Å²) in [5.41, 5.74) is 0.499. The van der Waals surface area contributed by atoms with Crippen LogP contribution in [0.1, 0.15) is 13.3 Å². The van der Waals surface area contributed by atoms with Crippen molar-refractivity contribution in [2.45, 2.75) is 18.6 Å². The second-order valence-corrected chi connectivity index (χ2v) is 7.70. The lowest BCUT2D eigenvalue weighted by molar-refractivity contribution is -0.383. The third-order valence-electron chi connectivity index (χ3n) is 4.11. The number of nitrogens with zero attached hydrogens (tertiary/aromatic N) is 3. The third-order valence-corrected chi connectivity index (χ3v) is 5.53. The Morgan fingerprint density at radius 3 is 2.76 bits per heavy atom. The predicted octanol–water partition coefficient (Wildman–Crippen LogP) is 4.23. The number of hydrogen-bond acceptors (Lipinski definition) is 6. The Morgan fingerprint density at radius 1 is 1.31 bits per heavy atom. The molecule has 8 nitrogen and oxygen atoms in total. The summed E-state index contributed by atoms with van der Waals surface area (Å²) >= 11 is 7.17. The molecule has 1 fully saturated rings. The fourth-order valence-electron chi connectivity index (χ4n) is 2.78. The summed E-state index contributed by atoms with van der Waals surface area (Å²) in [6, 6.07) is 12.8. The maximum absolute atomic E-state index is 12.7. The first-order valence-electron chi connectivity index (χ1n) is 8.74. The maximum Gasteiger partial charge on any atom is 0.292 e. The maximum atomic E-state index is 12.7. The normalized spacial score (nSPS) is 17.6. The molecule has 10 heteroatoms. The van der Waals surface area contributed by atoms with E-state index in [-0.39, 0.29) is 23.7 Å². The fourth-order valence-corrected chi connectivity index (χ4v) is 4.19. The fraction of sp³-hybridized carbons (Fsp3) is 0.211. The number of nitrogens with one attached hydrogen (secondary N) is 1. The van der Waals surface area contributed by atoms with E-state index in [1.54, 1.807) is 30.3 Å². The smallest absolute Gasteiger partial charge is 0.292 e. The molecule has 0 aliphatic carbocycles. The van der Waals surface area contributed by atoms with Gasteiger partial charge in [0, 0.05) is 24.1 Å². The number of anilines is 1. The lowest BCUT2D eigenvalue weighted by Gasteiger charge is -2.13. The van der Waals surface area contributed by atoms with E-state index in [0.29, 0.717) is 22.4 Å². The number of thioether (sulfide) groups is 1. The second-order valence-electron chi connectivity index (χ2n) is 6.09. The number of hydrogen-bond donors (Lipinski definition) is 1. The van der Waals surface area contributed by atoms with Gasteiger partial charge in [0.05, 0.1) is 10.6 Å². The highest BCUT2D eigenvalue weighted by Gasteiger charge is 2.38. The number of aliphatic imine (C=N–C) groups is 1. The molecule has 1 saturated heterocycles. The summed E-state index contributed by atoms with van der Waals surface area (Å²) in [5, 5.41) is 14.0. The van der Waals surface area contributed by atoms with Gasteiger partial charge in [-0.05, 0) is 31.2 Å². The van der Waals surface area contributed by atoms with Crippen LogP contribution in [0, 0.1) is 10.1 Å². The first-order chi connectivity index (χ1) is 13.9. The van der Waals surface area contributed by atoms with Gasteiger partial charge in [-0.1, -0.05) is 41.6 Å². The number of nitro benzene ring substituents is 1. The molecular formula is C19H17ClN4O4S. The lowest BCUT2D eigenvalue weighted by atomic mass is 10.2. The van der Waals surface area contributed by atoms with Gasteiger partial charge in [-0.2, -0.15) is 0 Å². The van der Waals surface area contributed by atoms with Crippen molar-refractivity contribution in [3.8, 4) is 0 Å². The number of nitro groups is 1. The minimum absolute atomic E-state index is 0.0955. The van der Waals surface area contributed by atoms with Gasteiger partial charge in [0.2, 0.25) is 11.8 Å². The number of halogens is 1. The van der Waals surface area contributed by atoms with E-state index >= 15 is 0 Å². The van der Waals surface area contributed by atoms with Gasteiger partial charge < -0.3 is 5.32 Å². The predicted molar refractivity (Wildman–Crippen MR) is 114 cm³/mol. The summed E-state index contributed by atoms with van der Waals surface area (Å²) in [6.45, 7) is 2.23. The van der Waals surface area contributed by atoms with Crippen molar-refractivity contribution in [2.24, 2.45) is 4.99 Å². The first-order valence-corrected chi connectivity index (χ1v) is 10.0. The summed E-state index contributed by atoms with van der Waals surface area (Å²) in [6.07, 6.45) is -0.124. The molecule has 0 bridgehead atoms. The van der Waals surface area contributed by atoms with E-state index < -0.39 is 16.1 Å². The molecule has 1 unspecified atom stereocenters. The van der Waals surface area contributed by atoms with Crippen molar-refractivity contribution in [3.63, 3.8) is 0 Å². The van der Waals surface area contributed by atoms with Crippen LogP contribution in [0.2, 0.25) is 5.02 Å². The molecule has 0 saturated carbocycles. The zero-order valence-corrected chi connectivity index (χ0v) is 16.9. The number of rotatable bonds is 6. The van der Waals surface area contributed by atoms with Crippen LogP contribution in [0.4, 0.5) is 17.1 Å². The molecule has 1 aliphatic heterocycles. The van der Waals surface area contributed by atoms with Crippen LogP contribution in [-0.4, -0.2) is 38.6 Å². The Labute approximate surface area is 176 Å². The van der Waals surface area contributed by atoms with Crippen LogP contribution < -0.4 is 5.32 Å². The van der Waals surface area contributed by atoms with Crippen molar-refractivity contribution in [3.05, 3.63) is 63.7 Å². The molecule has 2 aromatic carbocycles. The molecule has 2 amide bonds. The van der Waals surface area contributed by atoms with E-state index in [0.717, 1.165) is 0 Å². The van der Waals surface area contributed by atoms with Gasteiger partial charge in [-0.25, -0.2) is 4.99 Å². The van der Waals surface area contributed by atoms with Crippen LogP contribution >= 0.6 is 23.4 Å². The molecule has 3 rings (SSSR count). The standard InChI is InChI=1S/C19H17ClN4O4S/c1-2-23-18(26)16(29-19(23)21-13-7-5-6-12(20)10-13)11-17(25)22-14-8-3-4-9-15(14)24(27)28/h3-10,16H,2,11H2,1H3,(H,22,25). The number of amidine groups is 1. The molecule has 1 atom stereocenters. The van der Waals surface area contributed by atoms with E-state index in [2.05, 4.69) is 10.3 Å². The van der Waals surface area contributed by atoms with Gasteiger partial charge in [-0.3, -0.25) is 24.6 Å². The van der Waals surface area contributed by atoms with Crippen molar-refractivity contribution in [1.82, 2.24) is 4.90 Å². The topological polar surface area (TPSA) is 105 Å². The Kier molecular flexibility index (Phi) is 6.50. The van der Waals surface area contributed by atoms with Crippen molar-refractivity contribution < 1.29 is 14.5 Å². The Hall–Kier alpha value is -2.91. The van der Waals surface area contributed by atoms with E-state index in [1.165, 1.54) is 34.9 Å². The van der Waals surface area contributed by atoms with Crippen LogP contribution in [0.5, 0.6) is 0 Å². The molecule has 0 radical (unpaired) electrons. The van der Waals surface area contributed by atoms with Gasteiger partial charge in [-0.15, -0.1) is 0 Å². The molecular weight excluding hydrogens is 416 g/mol. The number of benzene rings is 2. The Balaban J connectivity index is 1.74. The van der Waals surface area contributed by atoms with Crippen molar-refractivity contribution in [1.29, 1.82) is 0 Å². The summed E-state index contributed by atoms with van der Waals surface area (Å²) < 4.78 is 0. The third kappa shape index (κ3) is 4.93. The number of amides is 2. The molecule has 1 aliphatic rings. The number of para-hydroxylation sites is 2. The summed E-state index contributed by atoms with van der Waals surface area (Å²) in [7, 11) is 0. The highest BCUT2D eigenvalue weighted by molar-refractivity contribution is 8.15. The molecule has 2 aromatic rings. The minimum Gasteiger partial charge on any atom is -0.320 e. The Bertz CT molecular complexity index is 998. The average Bonchev–Trinajstić information content (AvgIpc) is 2.96. The largest absolute Gasteiger partial charge is 0.320 e. The molecule has 1 heterocycles. The molecule has 29 heavy (non-hydrogen) atoms. The van der Waals surface area contributed by atoms with Gasteiger partial charge in [0.25, 0.3) is 5.69 Å². The molecule has 0 aromatic heterocycles. The van der Waals surface area contributed by atoms with Gasteiger partial charge >= 0.3 is 0 Å². The van der Waals surface area contributed by atoms with Crippen molar-refractivity contribution in [2.75, 3.05) is 11.9 Å². The monoisotopic (exact) mass is 432 g/mol. The zero-order chi connectivity index (χ0) is 21.0. The highest BCUT2D eigenvalue weighted by atomic mass is 35.5. The molecule has 0 spiro atoms. The average molecular weight is 433 g/mol. The van der Waals surface area contributed by atoms with Gasteiger partial charge in [0.15, 0.2) is 5.17 Å². The Morgan fingerprint density at radius 2 is 2.07 bits per heavy atom. The minimum atomic E-state index is -0.657. The van der Waals surface area contributed by atoms with Crippen molar-refractivity contribution >= 4 is 57.4 Å². The lowest BCUT2D eigenvalue weighted by Crippen LogP contribution is -2.33. The number of carbonyl (C=O) groups is 2. The van der Waals surface area contributed by atoms with E-state index in [9.17, 15) is 19.7 Å². The number of carbonyl (C=O) groups excluding carboxylic acids is 2. The SMILES string of the molecule is CCN1C(=O)C(CC(=O)Nc2ccccc2[N+](=O)[O-])SC1=Nc1cccc(Cl)c1. The summed E-state index contributed by atoms with van der Waals surface area (Å²) in [4.78, 5) is 41.6. The van der Waals surface area contributed by atoms with Crippen LogP contribution in [0.3, 0.4) is 0 Å². The van der Waals surface area contributed by atoms with E-state index in [4.69, 9.17) is 11.6 Å². The molecule has 150 valence electrons. The van der Waals surface area contributed by atoms with E-state index in [1.807, 2.05) is 6.92 Å². The quantitative estimate of drug-likeness (QED) is 0.543. The van der Waals surface area contributed by atoms with Gasteiger partial charge in [0.1, 0.15) is 10.9 Å². The second kappa shape index (κ2) is 9.06. The highest BCUT2D eigenvalue weighted by Crippen LogP contribution is 2.32. The van der Waals surface area contributed by atoms with Crippen LogP contribution in [-0.2, 0) is 9.59 Å². The molecule has 1 N–H and O–H groups in total. The van der Waals surface area contributed by atoms with Crippen LogP contribution in [0.25, 0.3) is 0 Å². The summed E-state index contributed by atoms with van der Waals surface area (Å²) in [5.74, 6) is -0.707. The van der Waals surface area contributed by atoms with Crippen LogP contribution in [0.15, 0.2) is 53.5 Å². The zero-order valence-electron chi connectivity index (χ0n) is 15.4.